The first-order chi connectivity index (χ1) is 18.1. The lowest BCUT2D eigenvalue weighted by Crippen LogP contribution is -2.24. The van der Waals surface area contributed by atoms with Crippen LogP contribution in [0.25, 0.3) is 0 Å². The van der Waals surface area contributed by atoms with Gasteiger partial charge in [-0.25, -0.2) is 0 Å². The van der Waals surface area contributed by atoms with Crippen molar-refractivity contribution >= 4 is 28.9 Å². The van der Waals surface area contributed by atoms with E-state index in [0.29, 0.717) is 18.7 Å². The van der Waals surface area contributed by atoms with Gasteiger partial charge in [-0.15, -0.1) is 0 Å². The van der Waals surface area contributed by atoms with Crippen LogP contribution in [-0.4, -0.2) is 25.0 Å². The minimum Gasteiger partial charge on any atom is -0.383 e. The Morgan fingerprint density at radius 2 is 1.24 bits per heavy atom. The highest BCUT2D eigenvalue weighted by Crippen LogP contribution is 2.23. The summed E-state index contributed by atoms with van der Waals surface area (Å²) in [5, 5.41) is 6.20. The lowest BCUT2D eigenvalue weighted by Gasteiger charge is -2.25. The Kier molecular flexibility index (Phi) is 8.75. The predicted molar refractivity (Wildman–Crippen MR) is 153 cm³/mol. The second kappa shape index (κ2) is 12.8. The number of nitrogens with zero attached hydrogens (tertiary/aromatic N) is 2. The van der Waals surface area contributed by atoms with Crippen LogP contribution in [-0.2, 0) is 13.1 Å². The first-order valence-corrected chi connectivity index (χ1v) is 12.2. The highest BCUT2D eigenvalue weighted by molar-refractivity contribution is 6.04. The number of amides is 1. The first-order valence-electron chi connectivity index (χ1n) is 12.2. The van der Waals surface area contributed by atoms with Crippen LogP contribution in [0.2, 0.25) is 0 Å². The molecule has 0 heterocycles. The van der Waals surface area contributed by atoms with E-state index in [1.807, 2.05) is 48.5 Å². The Morgan fingerprint density at radius 1 is 0.703 bits per heavy atom. The van der Waals surface area contributed by atoms with Crippen molar-refractivity contribution in [3.8, 4) is 0 Å². The van der Waals surface area contributed by atoms with Gasteiger partial charge in [-0.05, 0) is 59.7 Å². The Bertz CT molecular complexity index is 1240. The summed E-state index contributed by atoms with van der Waals surface area (Å²) < 4.78 is 0. The Balaban J connectivity index is 1.39. The fraction of sp³-hybridized carbons (Fsp3) is 0.133. The Labute approximate surface area is 217 Å². The molecule has 0 aliphatic rings. The largest absolute Gasteiger partial charge is 0.383 e. The molecule has 4 aromatic carbocycles. The zero-order valence-corrected chi connectivity index (χ0v) is 20.7. The third kappa shape index (κ3) is 7.86. The van der Waals surface area contributed by atoms with Crippen LogP contribution in [0.4, 0.5) is 17.1 Å². The normalized spacial score (nSPS) is 10.4. The fourth-order valence-electron chi connectivity index (χ4n) is 3.93. The van der Waals surface area contributed by atoms with Crippen LogP contribution < -0.4 is 27.0 Å². The highest BCUT2D eigenvalue weighted by atomic mass is 16.1. The number of carbonyl (C=O) groups excluding carboxylic acids is 1. The summed E-state index contributed by atoms with van der Waals surface area (Å²) in [5.74, 6) is -0.0906. The van der Waals surface area contributed by atoms with Gasteiger partial charge in [-0.3, -0.25) is 9.79 Å². The predicted octanol–water partition coefficient (Wildman–Crippen LogP) is 4.83. The maximum absolute atomic E-state index is 12.8. The minimum absolute atomic E-state index is 0.0712. The second-order valence-electron chi connectivity index (χ2n) is 8.64. The molecule has 0 bridgehead atoms. The summed E-state index contributed by atoms with van der Waals surface area (Å²) in [4.78, 5) is 19.0. The van der Waals surface area contributed by atoms with Crippen molar-refractivity contribution in [2.75, 3.05) is 28.6 Å². The molecule has 0 atom stereocenters. The number of rotatable bonds is 11. The van der Waals surface area contributed by atoms with E-state index < -0.39 is 0 Å². The average molecular weight is 493 g/mol. The molecule has 0 aromatic heterocycles. The lowest BCUT2D eigenvalue weighted by atomic mass is 10.1. The standard InChI is InChI=1S/C30H32N6O/c31-30(32)34-20-19-33-26-13-11-25(12-14-26)29(37)35-27-15-17-28(18-16-27)36(21-23-7-3-1-4-8-23)22-24-9-5-2-6-10-24/h1-18,33H,19-22H2,(H,35,37)(H4,31,32,34). The van der Waals surface area contributed by atoms with E-state index >= 15 is 0 Å². The van der Waals surface area contributed by atoms with Gasteiger partial charge in [0.05, 0.1) is 6.54 Å². The summed E-state index contributed by atoms with van der Waals surface area (Å²) in [6.45, 7) is 2.65. The number of nitrogens with one attached hydrogen (secondary N) is 2. The summed E-state index contributed by atoms with van der Waals surface area (Å²) in [5.41, 5.74) is 16.4. The van der Waals surface area contributed by atoms with Gasteiger partial charge in [0.15, 0.2) is 5.96 Å². The van der Waals surface area contributed by atoms with E-state index in [-0.39, 0.29) is 11.9 Å². The fourth-order valence-corrected chi connectivity index (χ4v) is 3.93. The zero-order valence-electron chi connectivity index (χ0n) is 20.7. The molecular formula is C30H32N6O. The summed E-state index contributed by atoms with van der Waals surface area (Å²) in [7, 11) is 0. The van der Waals surface area contributed by atoms with E-state index in [0.717, 1.165) is 30.2 Å². The molecule has 0 fully saturated rings. The molecule has 1 amide bonds. The van der Waals surface area contributed by atoms with Crippen molar-refractivity contribution in [3.63, 3.8) is 0 Å². The lowest BCUT2D eigenvalue weighted by molar-refractivity contribution is 0.102. The Hall–Kier alpha value is -4.78. The van der Waals surface area contributed by atoms with Gasteiger partial charge in [0.1, 0.15) is 0 Å². The van der Waals surface area contributed by atoms with Crippen LogP contribution in [0.15, 0.2) is 114 Å². The molecule has 0 aliphatic heterocycles. The topological polar surface area (TPSA) is 109 Å². The minimum atomic E-state index is -0.162. The number of guanidine groups is 1. The van der Waals surface area contributed by atoms with E-state index in [9.17, 15) is 4.79 Å². The number of hydrogen-bond acceptors (Lipinski definition) is 4. The number of carbonyl (C=O) groups is 1. The van der Waals surface area contributed by atoms with E-state index in [2.05, 4.69) is 69.1 Å². The molecule has 0 unspecified atom stereocenters. The number of nitrogens with two attached hydrogens (primary N) is 2. The molecule has 7 heteroatoms. The molecule has 4 rings (SSSR count). The van der Waals surface area contributed by atoms with Gasteiger partial charge < -0.3 is 27.0 Å². The van der Waals surface area contributed by atoms with Gasteiger partial charge in [-0.1, -0.05) is 60.7 Å². The van der Waals surface area contributed by atoms with Gasteiger partial charge in [0, 0.05) is 42.3 Å². The summed E-state index contributed by atoms with van der Waals surface area (Å²) in [6, 6.07) is 36.1. The van der Waals surface area contributed by atoms with Crippen LogP contribution in [0, 0.1) is 0 Å². The molecule has 0 saturated carbocycles. The molecule has 6 N–H and O–H groups in total. The van der Waals surface area contributed by atoms with Crippen molar-refractivity contribution < 1.29 is 4.79 Å². The Morgan fingerprint density at radius 3 is 1.78 bits per heavy atom. The van der Waals surface area contributed by atoms with Crippen molar-refractivity contribution in [3.05, 3.63) is 126 Å². The third-order valence-electron chi connectivity index (χ3n) is 5.81. The number of anilines is 3. The second-order valence-corrected chi connectivity index (χ2v) is 8.64. The maximum Gasteiger partial charge on any atom is 0.255 e. The highest BCUT2D eigenvalue weighted by Gasteiger charge is 2.10. The third-order valence-corrected chi connectivity index (χ3v) is 5.81. The van der Waals surface area contributed by atoms with Crippen molar-refractivity contribution in [1.82, 2.24) is 0 Å². The molecule has 4 aromatic rings. The van der Waals surface area contributed by atoms with Crippen molar-refractivity contribution in [2.45, 2.75) is 13.1 Å². The molecule has 0 saturated heterocycles. The quantitative estimate of drug-likeness (QED) is 0.136. The van der Waals surface area contributed by atoms with Crippen molar-refractivity contribution in [2.24, 2.45) is 16.5 Å². The number of hydrogen-bond donors (Lipinski definition) is 4. The molecule has 0 spiro atoms. The monoisotopic (exact) mass is 492 g/mol. The molecule has 0 radical (unpaired) electrons. The van der Waals surface area contributed by atoms with Gasteiger partial charge in [-0.2, -0.15) is 0 Å². The van der Waals surface area contributed by atoms with E-state index in [4.69, 9.17) is 11.5 Å². The summed E-state index contributed by atoms with van der Waals surface area (Å²) >= 11 is 0. The van der Waals surface area contributed by atoms with E-state index in [1.165, 1.54) is 11.1 Å². The molecule has 188 valence electrons. The maximum atomic E-state index is 12.8. The smallest absolute Gasteiger partial charge is 0.255 e. The average Bonchev–Trinajstić information content (AvgIpc) is 2.92. The van der Waals surface area contributed by atoms with E-state index in [1.54, 1.807) is 12.1 Å². The zero-order chi connectivity index (χ0) is 25.9. The number of aliphatic imine (C=N–C) groups is 1. The molecule has 7 nitrogen and oxygen atoms in total. The molecule has 37 heavy (non-hydrogen) atoms. The van der Waals surface area contributed by atoms with Crippen LogP contribution in [0.1, 0.15) is 21.5 Å². The van der Waals surface area contributed by atoms with Crippen LogP contribution in [0.3, 0.4) is 0 Å². The summed E-state index contributed by atoms with van der Waals surface area (Å²) in [6.07, 6.45) is 0. The SMILES string of the molecule is NC(N)=NCCNc1ccc(C(=O)Nc2ccc(N(Cc3ccccc3)Cc3ccccc3)cc2)cc1. The van der Waals surface area contributed by atoms with Gasteiger partial charge >= 0.3 is 0 Å². The first kappa shape index (κ1) is 25.3. The van der Waals surface area contributed by atoms with Gasteiger partial charge in [0.2, 0.25) is 0 Å². The molecule has 0 aliphatic carbocycles. The van der Waals surface area contributed by atoms with Gasteiger partial charge in [0.25, 0.3) is 5.91 Å². The molecular weight excluding hydrogens is 460 g/mol. The number of benzene rings is 4. The van der Waals surface area contributed by atoms with Crippen LogP contribution in [0.5, 0.6) is 0 Å². The van der Waals surface area contributed by atoms with Crippen LogP contribution >= 0.6 is 0 Å². The van der Waals surface area contributed by atoms with Crippen molar-refractivity contribution in [1.29, 1.82) is 0 Å².